The SMILES string of the molecule is CN1O[C@@H](COC(=O)c2ccc(C(F)(F)F)cc2)CC12C1CC3CC(C1)CC2C3. The van der Waals surface area contributed by atoms with Crippen molar-refractivity contribution in [2.75, 3.05) is 13.7 Å². The molecule has 4 saturated carbocycles. The lowest BCUT2D eigenvalue weighted by atomic mass is 9.47. The standard InChI is InChI=1S/C22H26F3NO3/c1-26-21(17-7-13-6-14(9-17)10-18(21)8-13)11-19(29-26)12-28-20(27)15-2-4-16(5-3-15)22(23,24)25/h2-5,13-14,17-19H,6-12H2,1H3/t13?,14?,17?,18?,19-,21?/m1/s1. The highest BCUT2D eigenvalue weighted by Gasteiger charge is 2.62. The summed E-state index contributed by atoms with van der Waals surface area (Å²) in [5.74, 6) is 2.43. The van der Waals surface area contributed by atoms with Crippen molar-refractivity contribution < 1.29 is 27.5 Å². The Kier molecular flexibility index (Phi) is 4.48. The van der Waals surface area contributed by atoms with Gasteiger partial charge in [0, 0.05) is 13.5 Å². The largest absolute Gasteiger partial charge is 0.459 e. The van der Waals surface area contributed by atoms with Crippen molar-refractivity contribution in [1.29, 1.82) is 0 Å². The zero-order valence-electron chi connectivity index (χ0n) is 16.5. The Labute approximate surface area is 168 Å². The molecule has 1 spiro atoms. The molecular formula is C22H26F3NO3. The van der Waals surface area contributed by atoms with Gasteiger partial charge in [-0.1, -0.05) is 0 Å². The molecule has 29 heavy (non-hydrogen) atoms. The van der Waals surface area contributed by atoms with Gasteiger partial charge in [0.15, 0.2) is 0 Å². The van der Waals surface area contributed by atoms with E-state index in [-0.39, 0.29) is 23.8 Å². The summed E-state index contributed by atoms with van der Waals surface area (Å²) >= 11 is 0. The Morgan fingerprint density at radius 2 is 1.69 bits per heavy atom. The van der Waals surface area contributed by atoms with Crippen LogP contribution in [0.3, 0.4) is 0 Å². The molecule has 0 aromatic heterocycles. The number of nitrogens with zero attached hydrogens (tertiary/aromatic N) is 1. The first kappa shape index (κ1) is 19.4. The van der Waals surface area contributed by atoms with Crippen LogP contribution in [0.25, 0.3) is 0 Å². The van der Waals surface area contributed by atoms with Gasteiger partial charge in [-0.15, -0.1) is 0 Å². The molecule has 1 aromatic rings. The number of halogens is 3. The summed E-state index contributed by atoms with van der Waals surface area (Å²) in [5.41, 5.74) is -0.605. The normalized spacial score (nSPS) is 38.7. The Morgan fingerprint density at radius 1 is 1.10 bits per heavy atom. The van der Waals surface area contributed by atoms with Crippen molar-refractivity contribution in [3.8, 4) is 0 Å². The monoisotopic (exact) mass is 409 g/mol. The molecule has 1 aliphatic heterocycles. The Hall–Kier alpha value is -1.60. The van der Waals surface area contributed by atoms with Gasteiger partial charge in [0.25, 0.3) is 0 Å². The van der Waals surface area contributed by atoms with Gasteiger partial charge in [-0.25, -0.2) is 4.79 Å². The summed E-state index contributed by atoms with van der Waals surface area (Å²) in [5, 5.41) is 2.05. The maximum absolute atomic E-state index is 12.7. The lowest BCUT2D eigenvalue weighted by molar-refractivity contribution is -0.230. The van der Waals surface area contributed by atoms with E-state index < -0.39 is 17.7 Å². The van der Waals surface area contributed by atoms with Crippen LogP contribution in [0.2, 0.25) is 0 Å². The number of hydrogen-bond acceptors (Lipinski definition) is 4. The summed E-state index contributed by atoms with van der Waals surface area (Å²) in [6, 6.07) is 4.12. The molecule has 4 aliphatic carbocycles. The number of hydroxylamine groups is 2. The molecule has 6 rings (SSSR count). The van der Waals surface area contributed by atoms with Crippen molar-refractivity contribution in [1.82, 2.24) is 5.06 Å². The summed E-state index contributed by atoms with van der Waals surface area (Å²) < 4.78 is 43.4. The lowest BCUT2D eigenvalue weighted by Gasteiger charge is -2.61. The molecule has 4 nitrogen and oxygen atoms in total. The van der Waals surface area contributed by atoms with Crippen LogP contribution < -0.4 is 0 Å². The fraction of sp³-hybridized carbons (Fsp3) is 0.682. The van der Waals surface area contributed by atoms with E-state index in [2.05, 4.69) is 5.06 Å². The molecule has 0 N–H and O–H groups in total. The first-order chi connectivity index (χ1) is 13.8. The number of hydrogen-bond donors (Lipinski definition) is 0. The summed E-state index contributed by atoms with van der Waals surface area (Å²) in [6.45, 7) is 0.123. The number of rotatable bonds is 3. The third kappa shape index (κ3) is 3.17. The number of carbonyl (C=O) groups excluding carboxylic acids is 1. The maximum Gasteiger partial charge on any atom is 0.416 e. The van der Waals surface area contributed by atoms with Crippen LogP contribution in [0.4, 0.5) is 13.2 Å². The molecule has 0 amide bonds. The third-order valence-electron chi connectivity index (χ3n) is 7.85. The summed E-state index contributed by atoms with van der Waals surface area (Å²) in [6.07, 6.45) is 2.74. The van der Waals surface area contributed by atoms with Crippen LogP contribution in [0.15, 0.2) is 24.3 Å². The molecule has 5 fully saturated rings. The van der Waals surface area contributed by atoms with Gasteiger partial charge in [-0.3, -0.25) is 4.84 Å². The molecule has 1 aromatic carbocycles. The number of esters is 1. The van der Waals surface area contributed by atoms with Crippen LogP contribution in [-0.2, 0) is 15.8 Å². The Morgan fingerprint density at radius 3 is 2.24 bits per heavy atom. The second-order valence-electron chi connectivity index (χ2n) is 9.40. The van der Waals surface area contributed by atoms with E-state index in [1.54, 1.807) is 0 Å². The van der Waals surface area contributed by atoms with E-state index in [0.717, 1.165) is 42.5 Å². The highest BCUT2D eigenvalue weighted by atomic mass is 19.4. The minimum Gasteiger partial charge on any atom is -0.459 e. The van der Waals surface area contributed by atoms with Gasteiger partial charge < -0.3 is 4.74 Å². The molecule has 1 atom stereocenters. The van der Waals surface area contributed by atoms with Crippen LogP contribution in [0, 0.1) is 23.7 Å². The summed E-state index contributed by atoms with van der Waals surface area (Å²) in [7, 11) is 2.01. The van der Waals surface area contributed by atoms with Crippen molar-refractivity contribution in [2.45, 2.75) is 56.3 Å². The van der Waals surface area contributed by atoms with E-state index in [1.165, 1.54) is 32.1 Å². The number of alkyl halides is 3. The van der Waals surface area contributed by atoms with Crippen LogP contribution >= 0.6 is 0 Å². The molecule has 4 bridgehead atoms. The average molecular weight is 409 g/mol. The van der Waals surface area contributed by atoms with E-state index >= 15 is 0 Å². The van der Waals surface area contributed by atoms with Crippen molar-refractivity contribution in [2.24, 2.45) is 23.7 Å². The van der Waals surface area contributed by atoms with Crippen LogP contribution in [-0.4, -0.2) is 36.3 Å². The second-order valence-corrected chi connectivity index (χ2v) is 9.40. The number of ether oxygens (including phenoxy) is 1. The fourth-order valence-corrected chi connectivity index (χ4v) is 6.84. The topological polar surface area (TPSA) is 38.8 Å². The highest BCUT2D eigenvalue weighted by Crippen LogP contribution is 2.62. The van der Waals surface area contributed by atoms with Crippen molar-refractivity contribution >= 4 is 5.97 Å². The number of carbonyl (C=O) groups is 1. The zero-order valence-corrected chi connectivity index (χ0v) is 16.5. The Balaban J connectivity index is 1.22. The first-order valence-corrected chi connectivity index (χ1v) is 10.5. The van der Waals surface area contributed by atoms with E-state index in [4.69, 9.17) is 9.57 Å². The van der Waals surface area contributed by atoms with Gasteiger partial charge in [0.2, 0.25) is 0 Å². The van der Waals surface area contributed by atoms with Crippen molar-refractivity contribution in [3.05, 3.63) is 35.4 Å². The maximum atomic E-state index is 12.7. The molecule has 0 radical (unpaired) electrons. The van der Waals surface area contributed by atoms with Crippen molar-refractivity contribution in [3.63, 3.8) is 0 Å². The fourth-order valence-electron chi connectivity index (χ4n) is 6.84. The lowest BCUT2D eigenvalue weighted by Crippen LogP contribution is -2.62. The molecule has 1 heterocycles. The highest BCUT2D eigenvalue weighted by molar-refractivity contribution is 5.89. The van der Waals surface area contributed by atoms with Gasteiger partial charge in [0.1, 0.15) is 12.7 Å². The molecule has 5 aliphatic rings. The molecule has 7 heteroatoms. The predicted octanol–water partition coefficient (Wildman–Crippen LogP) is 4.69. The van der Waals surface area contributed by atoms with Crippen LogP contribution in [0.1, 0.15) is 54.4 Å². The van der Waals surface area contributed by atoms with Crippen LogP contribution in [0.5, 0.6) is 0 Å². The molecular weight excluding hydrogens is 383 g/mol. The minimum absolute atomic E-state index is 0.0544. The smallest absolute Gasteiger partial charge is 0.416 e. The second kappa shape index (κ2) is 6.71. The van der Waals surface area contributed by atoms with Gasteiger partial charge in [0.05, 0.1) is 16.7 Å². The van der Waals surface area contributed by atoms with E-state index in [1.807, 2.05) is 7.05 Å². The molecule has 1 saturated heterocycles. The number of benzene rings is 1. The van der Waals surface area contributed by atoms with E-state index in [0.29, 0.717) is 11.8 Å². The molecule has 0 unspecified atom stereocenters. The predicted molar refractivity (Wildman–Crippen MR) is 98.8 cm³/mol. The van der Waals surface area contributed by atoms with Gasteiger partial charge >= 0.3 is 12.1 Å². The zero-order chi connectivity index (χ0) is 20.4. The van der Waals surface area contributed by atoms with Gasteiger partial charge in [-0.2, -0.15) is 18.2 Å². The third-order valence-corrected chi connectivity index (χ3v) is 7.85. The average Bonchev–Trinajstić information content (AvgIpc) is 3.00. The molecule has 158 valence electrons. The Bertz CT molecular complexity index is 763. The quantitative estimate of drug-likeness (QED) is 0.679. The minimum atomic E-state index is -4.42. The first-order valence-electron chi connectivity index (χ1n) is 10.5. The van der Waals surface area contributed by atoms with E-state index in [9.17, 15) is 18.0 Å². The summed E-state index contributed by atoms with van der Waals surface area (Å²) in [4.78, 5) is 18.4. The van der Waals surface area contributed by atoms with Gasteiger partial charge in [-0.05, 0) is 80.0 Å².